The van der Waals surface area contributed by atoms with Crippen molar-refractivity contribution < 1.29 is 14.3 Å². The van der Waals surface area contributed by atoms with E-state index < -0.39 is 0 Å². The molecule has 0 aliphatic carbocycles. The van der Waals surface area contributed by atoms with Gasteiger partial charge in [-0.3, -0.25) is 4.79 Å². The molecule has 2 heterocycles. The van der Waals surface area contributed by atoms with Crippen LogP contribution in [0.1, 0.15) is 12.8 Å². The summed E-state index contributed by atoms with van der Waals surface area (Å²) in [5.41, 5.74) is 0.653. The van der Waals surface area contributed by atoms with Crippen LogP contribution in [-0.2, 0) is 4.79 Å². The Balaban J connectivity index is 1.56. The van der Waals surface area contributed by atoms with Gasteiger partial charge in [-0.25, -0.2) is 9.97 Å². The standard InChI is InChI=1S/C18H22N4O3S/c1-24-14-6-5-13(11-15(14)25-2)20-17(23)12-26-18-19-8-7-16(21-18)22-9-3-4-10-22/h5-8,11H,3-4,9-10,12H2,1-2H3,(H,20,23). The highest BCUT2D eigenvalue weighted by atomic mass is 32.2. The molecule has 26 heavy (non-hydrogen) atoms. The molecule has 0 radical (unpaired) electrons. The van der Waals surface area contributed by atoms with Crippen LogP contribution in [0.4, 0.5) is 11.5 Å². The van der Waals surface area contributed by atoms with Crippen LogP contribution in [0.15, 0.2) is 35.6 Å². The zero-order valence-electron chi connectivity index (χ0n) is 14.9. The molecule has 0 atom stereocenters. The molecule has 3 rings (SSSR count). The molecule has 1 aromatic heterocycles. The Bertz CT molecular complexity index is 766. The van der Waals surface area contributed by atoms with Crippen LogP contribution in [-0.4, -0.2) is 48.9 Å². The maximum atomic E-state index is 12.2. The lowest BCUT2D eigenvalue weighted by molar-refractivity contribution is -0.113. The summed E-state index contributed by atoms with van der Waals surface area (Å²) in [5.74, 6) is 2.22. The smallest absolute Gasteiger partial charge is 0.234 e. The van der Waals surface area contributed by atoms with Gasteiger partial charge in [0.05, 0.1) is 20.0 Å². The Kier molecular flexibility index (Phi) is 6.17. The van der Waals surface area contributed by atoms with E-state index in [1.807, 2.05) is 6.07 Å². The van der Waals surface area contributed by atoms with Gasteiger partial charge in [-0.15, -0.1) is 0 Å². The lowest BCUT2D eigenvalue weighted by atomic mass is 10.2. The van der Waals surface area contributed by atoms with Gasteiger partial charge in [0.15, 0.2) is 16.7 Å². The minimum absolute atomic E-state index is 0.127. The maximum absolute atomic E-state index is 12.2. The number of ether oxygens (including phenoxy) is 2. The Hall–Kier alpha value is -2.48. The first-order valence-corrected chi connectivity index (χ1v) is 9.41. The molecular weight excluding hydrogens is 352 g/mol. The molecule has 1 aliphatic rings. The first kappa shape index (κ1) is 18.3. The number of nitrogens with one attached hydrogen (secondary N) is 1. The number of carbonyl (C=O) groups is 1. The largest absolute Gasteiger partial charge is 0.493 e. The van der Waals surface area contributed by atoms with Crippen molar-refractivity contribution in [1.82, 2.24) is 9.97 Å². The molecule has 1 saturated heterocycles. The SMILES string of the molecule is COc1ccc(NC(=O)CSc2nccc(N3CCCC3)n2)cc1OC. The molecule has 1 aliphatic heterocycles. The lowest BCUT2D eigenvalue weighted by Gasteiger charge is -2.16. The highest BCUT2D eigenvalue weighted by Gasteiger charge is 2.15. The van der Waals surface area contributed by atoms with Gasteiger partial charge in [0, 0.05) is 31.0 Å². The molecule has 0 spiro atoms. The molecule has 1 fully saturated rings. The molecule has 0 bridgehead atoms. The van der Waals surface area contributed by atoms with Gasteiger partial charge < -0.3 is 19.7 Å². The Labute approximate surface area is 157 Å². The second-order valence-electron chi connectivity index (χ2n) is 5.80. The van der Waals surface area contributed by atoms with Crippen molar-refractivity contribution in [2.45, 2.75) is 18.0 Å². The second-order valence-corrected chi connectivity index (χ2v) is 6.74. The number of nitrogens with zero attached hydrogens (tertiary/aromatic N) is 3. The van der Waals surface area contributed by atoms with Crippen molar-refractivity contribution >= 4 is 29.2 Å². The molecule has 0 unspecified atom stereocenters. The van der Waals surface area contributed by atoms with E-state index in [1.165, 1.54) is 24.6 Å². The molecule has 0 saturated carbocycles. The van der Waals surface area contributed by atoms with E-state index in [9.17, 15) is 4.79 Å². The van der Waals surface area contributed by atoms with E-state index in [0.717, 1.165) is 18.9 Å². The van der Waals surface area contributed by atoms with Gasteiger partial charge in [0.25, 0.3) is 0 Å². The number of benzene rings is 1. The monoisotopic (exact) mass is 374 g/mol. The van der Waals surface area contributed by atoms with Gasteiger partial charge >= 0.3 is 0 Å². The molecule has 8 heteroatoms. The number of thioether (sulfide) groups is 1. The molecule has 1 N–H and O–H groups in total. The van der Waals surface area contributed by atoms with E-state index in [4.69, 9.17) is 9.47 Å². The average molecular weight is 374 g/mol. The number of amides is 1. The average Bonchev–Trinajstić information content (AvgIpc) is 3.21. The van der Waals surface area contributed by atoms with Crippen molar-refractivity contribution in [2.75, 3.05) is 43.3 Å². The van der Waals surface area contributed by atoms with Gasteiger partial charge in [-0.05, 0) is 31.0 Å². The van der Waals surface area contributed by atoms with E-state index in [0.29, 0.717) is 22.3 Å². The summed E-state index contributed by atoms with van der Waals surface area (Å²) in [6.07, 6.45) is 4.13. The molecule has 7 nitrogen and oxygen atoms in total. The molecule has 1 amide bonds. The van der Waals surface area contributed by atoms with Crippen molar-refractivity contribution in [1.29, 1.82) is 0 Å². The number of hydrogen-bond donors (Lipinski definition) is 1. The topological polar surface area (TPSA) is 76.6 Å². The number of carbonyl (C=O) groups excluding carboxylic acids is 1. The summed E-state index contributed by atoms with van der Waals surface area (Å²) >= 11 is 1.32. The van der Waals surface area contributed by atoms with Gasteiger partial charge in [-0.1, -0.05) is 11.8 Å². The van der Waals surface area contributed by atoms with Crippen molar-refractivity contribution in [3.05, 3.63) is 30.5 Å². The zero-order valence-corrected chi connectivity index (χ0v) is 15.7. The number of aromatic nitrogens is 2. The summed E-state index contributed by atoms with van der Waals surface area (Å²) in [5, 5.41) is 3.45. The predicted octanol–water partition coefficient (Wildman–Crippen LogP) is 2.82. The summed E-state index contributed by atoms with van der Waals surface area (Å²) in [7, 11) is 3.13. The van der Waals surface area contributed by atoms with Gasteiger partial charge in [-0.2, -0.15) is 0 Å². The minimum atomic E-state index is -0.127. The number of rotatable bonds is 7. The maximum Gasteiger partial charge on any atom is 0.234 e. The van der Waals surface area contributed by atoms with Crippen molar-refractivity contribution in [2.24, 2.45) is 0 Å². The fourth-order valence-corrected chi connectivity index (χ4v) is 3.39. The fourth-order valence-electron chi connectivity index (χ4n) is 2.76. The third-order valence-electron chi connectivity index (χ3n) is 4.05. The molecule has 1 aromatic carbocycles. The quantitative estimate of drug-likeness (QED) is 0.590. The Morgan fingerprint density at radius 3 is 2.69 bits per heavy atom. The minimum Gasteiger partial charge on any atom is -0.493 e. The van der Waals surface area contributed by atoms with Crippen LogP contribution in [0.5, 0.6) is 11.5 Å². The van der Waals surface area contributed by atoms with Crippen LogP contribution in [0.25, 0.3) is 0 Å². The van der Waals surface area contributed by atoms with E-state index >= 15 is 0 Å². The van der Waals surface area contributed by atoms with Crippen LogP contribution in [0.3, 0.4) is 0 Å². The highest BCUT2D eigenvalue weighted by Crippen LogP contribution is 2.30. The Morgan fingerprint density at radius 2 is 1.96 bits per heavy atom. The highest BCUT2D eigenvalue weighted by molar-refractivity contribution is 7.99. The van der Waals surface area contributed by atoms with Crippen molar-refractivity contribution in [3.63, 3.8) is 0 Å². The van der Waals surface area contributed by atoms with E-state index in [1.54, 1.807) is 38.6 Å². The first-order valence-electron chi connectivity index (χ1n) is 8.42. The summed E-state index contributed by atoms with van der Waals surface area (Å²) in [6, 6.07) is 7.17. The van der Waals surface area contributed by atoms with Crippen LogP contribution in [0.2, 0.25) is 0 Å². The van der Waals surface area contributed by atoms with Crippen LogP contribution >= 0.6 is 11.8 Å². The van der Waals surface area contributed by atoms with Crippen LogP contribution in [0, 0.1) is 0 Å². The lowest BCUT2D eigenvalue weighted by Crippen LogP contribution is -2.19. The van der Waals surface area contributed by atoms with Gasteiger partial charge in [0.1, 0.15) is 5.82 Å². The molecule has 138 valence electrons. The van der Waals surface area contributed by atoms with Gasteiger partial charge in [0.2, 0.25) is 5.91 Å². The van der Waals surface area contributed by atoms with E-state index in [2.05, 4.69) is 20.2 Å². The normalized spacial score (nSPS) is 13.5. The second kappa shape index (κ2) is 8.75. The number of hydrogen-bond acceptors (Lipinski definition) is 7. The number of anilines is 2. The first-order chi connectivity index (χ1) is 12.7. The van der Waals surface area contributed by atoms with Crippen molar-refractivity contribution in [3.8, 4) is 11.5 Å². The van der Waals surface area contributed by atoms with Crippen LogP contribution < -0.4 is 19.7 Å². The molecule has 2 aromatic rings. The summed E-state index contributed by atoms with van der Waals surface area (Å²) in [4.78, 5) is 23.3. The predicted molar refractivity (Wildman–Crippen MR) is 102 cm³/mol. The summed E-state index contributed by atoms with van der Waals surface area (Å²) in [6.45, 7) is 2.06. The number of methoxy groups -OCH3 is 2. The summed E-state index contributed by atoms with van der Waals surface area (Å²) < 4.78 is 10.4. The van der Waals surface area contributed by atoms with E-state index in [-0.39, 0.29) is 11.7 Å². The Morgan fingerprint density at radius 1 is 1.19 bits per heavy atom. The molecular formula is C18H22N4O3S. The third kappa shape index (κ3) is 4.57. The fraction of sp³-hybridized carbons (Fsp3) is 0.389. The third-order valence-corrected chi connectivity index (χ3v) is 4.91. The zero-order chi connectivity index (χ0) is 18.4.